The average Bonchev–Trinajstić information content (AvgIpc) is 2.33. The highest BCUT2D eigenvalue weighted by Crippen LogP contribution is 2.33. The maximum atomic E-state index is 4.54. The van der Waals surface area contributed by atoms with E-state index in [1.54, 1.807) is 5.57 Å². The third-order valence-electron chi connectivity index (χ3n) is 3.53. The minimum atomic E-state index is 0.676. The van der Waals surface area contributed by atoms with Gasteiger partial charge in [-0.15, -0.1) is 0 Å². The van der Waals surface area contributed by atoms with Crippen LogP contribution in [0.15, 0.2) is 36.0 Å². The summed E-state index contributed by atoms with van der Waals surface area (Å²) < 4.78 is 0. The van der Waals surface area contributed by atoms with Crippen molar-refractivity contribution in [1.82, 2.24) is 0 Å². The Kier molecular flexibility index (Phi) is 4.13. The summed E-state index contributed by atoms with van der Waals surface area (Å²) in [5.41, 5.74) is 1.67. The standard InChI is InChI=1S/C14H20S/c15-11-14(12-7-3-1-4-8-12)13-9-5-2-6-10-13/h1,3-4,7,9,12,14-15H,2,5-6,8,10-11H2. The van der Waals surface area contributed by atoms with Gasteiger partial charge in [-0.05, 0) is 49.7 Å². The lowest BCUT2D eigenvalue weighted by atomic mass is 9.79. The molecule has 0 radical (unpaired) electrons. The van der Waals surface area contributed by atoms with Crippen LogP contribution in [0.3, 0.4) is 0 Å². The van der Waals surface area contributed by atoms with Gasteiger partial charge in [0.25, 0.3) is 0 Å². The van der Waals surface area contributed by atoms with Crippen molar-refractivity contribution in [2.45, 2.75) is 32.1 Å². The van der Waals surface area contributed by atoms with E-state index in [-0.39, 0.29) is 0 Å². The van der Waals surface area contributed by atoms with Gasteiger partial charge in [-0.2, -0.15) is 12.6 Å². The molecule has 2 unspecified atom stereocenters. The van der Waals surface area contributed by atoms with Crippen LogP contribution >= 0.6 is 12.6 Å². The molecule has 0 aromatic rings. The van der Waals surface area contributed by atoms with Crippen molar-refractivity contribution in [2.24, 2.45) is 11.8 Å². The third-order valence-corrected chi connectivity index (χ3v) is 3.92. The Hall–Kier alpha value is -0.430. The lowest BCUT2D eigenvalue weighted by Gasteiger charge is -2.28. The predicted molar refractivity (Wildman–Crippen MR) is 70.3 cm³/mol. The van der Waals surface area contributed by atoms with Crippen molar-refractivity contribution in [3.05, 3.63) is 36.0 Å². The number of thiol groups is 1. The van der Waals surface area contributed by atoms with Crippen LogP contribution in [0.2, 0.25) is 0 Å². The molecule has 1 heteroatoms. The molecule has 2 rings (SSSR count). The van der Waals surface area contributed by atoms with Crippen LogP contribution in [0, 0.1) is 11.8 Å². The lowest BCUT2D eigenvalue weighted by Crippen LogP contribution is -2.19. The van der Waals surface area contributed by atoms with Gasteiger partial charge in [0.1, 0.15) is 0 Å². The smallest absolute Gasteiger partial charge is 0.00264 e. The minimum Gasteiger partial charge on any atom is -0.179 e. The van der Waals surface area contributed by atoms with Crippen LogP contribution in [-0.2, 0) is 0 Å². The quantitative estimate of drug-likeness (QED) is 0.536. The molecule has 0 N–H and O–H groups in total. The summed E-state index contributed by atoms with van der Waals surface area (Å²) in [5.74, 6) is 2.36. The first kappa shape index (κ1) is 11.1. The Morgan fingerprint density at radius 2 is 2.27 bits per heavy atom. The minimum absolute atomic E-state index is 0.676. The van der Waals surface area contributed by atoms with Crippen molar-refractivity contribution < 1.29 is 0 Å². The van der Waals surface area contributed by atoms with E-state index < -0.39 is 0 Å². The summed E-state index contributed by atoms with van der Waals surface area (Å²) >= 11 is 4.54. The predicted octanol–water partition coefficient (Wildman–Crippen LogP) is 4.17. The second-order valence-electron chi connectivity index (χ2n) is 4.53. The Bertz CT molecular complexity index is 286. The molecule has 0 bridgehead atoms. The first-order valence-electron chi connectivity index (χ1n) is 6.05. The van der Waals surface area contributed by atoms with Crippen LogP contribution in [0.1, 0.15) is 32.1 Å². The van der Waals surface area contributed by atoms with E-state index in [0.29, 0.717) is 11.8 Å². The fourth-order valence-corrected chi connectivity index (χ4v) is 3.13. The molecule has 0 aromatic heterocycles. The molecule has 0 spiro atoms. The second kappa shape index (κ2) is 5.60. The first-order chi connectivity index (χ1) is 7.42. The molecule has 0 nitrogen and oxygen atoms in total. The van der Waals surface area contributed by atoms with Crippen molar-refractivity contribution in [3.8, 4) is 0 Å². The molecule has 2 atom stereocenters. The van der Waals surface area contributed by atoms with E-state index in [1.807, 2.05) is 0 Å². The highest BCUT2D eigenvalue weighted by molar-refractivity contribution is 7.80. The molecule has 0 saturated heterocycles. The second-order valence-corrected chi connectivity index (χ2v) is 4.89. The molecule has 2 aliphatic rings. The maximum Gasteiger partial charge on any atom is -0.00264 e. The fourth-order valence-electron chi connectivity index (χ4n) is 2.63. The topological polar surface area (TPSA) is 0 Å². The summed E-state index contributed by atoms with van der Waals surface area (Å²) in [4.78, 5) is 0. The molecule has 0 aromatic carbocycles. The van der Waals surface area contributed by atoms with Crippen LogP contribution in [0.25, 0.3) is 0 Å². The molecule has 82 valence electrons. The van der Waals surface area contributed by atoms with Crippen LogP contribution in [-0.4, -0.2) is 5.75 Å². The van der Waals surface area contributed by atoms with Gasteiger partial charge in [0, 0.05) is 0 Å². The van der Waals surface area contributed by atoms with Crippen molar-refractivity contribution >= 4 is 12.6 Å². The zero-order valence-corrected chi connectivity index (χ0v) is 10.1. The van der Waals surface area contributed by atoms with E-state index in [1.165, 1.54) is 32.1 Å². The Morgan fingerprint density at radius 3 is 2.87 bits per heavy atom. The Morgan fingerprint density at radius 1 is 1.33 bits per heavy atom. The van der Waals surface area contributed by atoms with Crippen LogP contribution < -0.4 is 0 Å². The number of allylic oxidation sites excluding steroid dienone is 6. The summed E-state index contributed by atoms with van der Waals surface area (Å²) in [7, 11) is 0. The normalized spacial score (nSPS) is 27.5. The zero-order valence-electron chi connectivity index (χ0n) is 9.23. The first-order valence-corrected chi connectivity index (χ1v) is 6.68. The van der Waals surface area contributed by atoms with Gasteiger partial charge >= 0.3 is 0 Å². The van der Waals surface area contributed by atoms with Gasteiger partial charge in [0.05, 0.1) is 0 Å². The molecule has 15 heavy (non-hydrogen) atoms. The van der Waals surface area contributed by atoms with Crippen LogP contribution in [0.5, 0.6) is 0 Å². The summed E-state index contributed by atoms with van der Waals surface area (Å²) in [6.07, 6.45) is 18.0. The summed E-state index contributed by atoms with van der Waals surface area (Å²) in [5, 5.41) is 0. The van der Waals surface area contributed by atoms with Crippen molar-refractivity contribution in [2.75, 3.05) is 5.75 Å². The SMILES string of the molecule is SCC(C1=CCCCC1)C1C=CC=CC1. The molecule has 0 fully saturated rings. The molecule has 0 amide bonds. The number of hydrogen-bond donors (Lipinski definition) is 1. The summed E-state index contributed by atoms with van der Waals surface area (Å²) in [6, 6.07) is 0. The largest absolute Gasteiger partial charge is 0.179 e. The van der Waals surface area contributed by atoms with E-state index in [4.69, 9.17) is 0 Å². The Balaban J connectivity index is 2.05. The van der Waals surface area contributed by atoms with Gasteiger partial charge in [-0.1, -0.05) is 36.0 Å². The van der Waals surface area contributed by atoms with Gasteiger partial charge in [0.15, 0.2) is 0 Å². The molecular formula is C14H20S. The van der Waals surface area contributed by atoms with Gasteiger partial charge in [-0.25, -0.2) is 0 Å². The molecule has 0 aliphatic heterocycles. The van der Waals surface area contributed by atoms with Crippen molar-refractivity contribution in [3.63, 3.8) is 0 Å². The maximum absolute atomic E-state index is 4.54. The number of rotatable bonds is 3. The van der Waals surface area contributed by atoms with E-state index >= 15 is 0 Å². The van der Waals surface area contributed by atoms with Crippen LogP contribution in [0.4, 0.5) is 0 Å². The summed E-state index contributed by atoms with van der Waals surface area (Å²) in [6.45, 7) is 0. The molecular weight excluding hydrogens is 200 g/mol. The average molecular weight is 220 g/mol. The van der Waals surface area contributed by atoms with Gasteiger partial charge in [0.2, 0.25) is 0 Å². The van der Waals surface area contributed by atoms with E-state index in [0.717, 1.165) is 5.75 Å². The molecule has 0 heterocycles. The van der Waals surface area contributed by atoms with Crippen molar-refractivity contribution in [1.29, 1.82) is 0 Å². The lowest BCUT2D eigenvalue weighted by molar-refractivity contribution is 0.468. The fraction of sp³-hybridized carbons (Fsp3) is 0.571. The highest BCUT2D eigenvalue weighted by Gasteiger charge is 2.22. The highest BCUT2D eigenvalue weighted by atomic mass is 32.1. The van der Waals surface area contributed by atoms with E-state index in [9.17, 15) is 0 Å². The van der Waals surface area contributed by atoms with E-state index in [2.05, 4.69) is 43.0 Å². The zero-order chi connectivity index (χ0) is 10.5. The van der Waals surface area contributed by atoms with Gasteiger partial charge < -0.3 is 0 Å². The van der Waals surface area contributed by atoms with Gasteiger partial charge in [-0.3, -0.25) is 0 Å². The Labute approximate surface area is 98.6 Å². The molecule has 0 saturated carbocycles. The third kappa shape index (κ3) is 2.78. The molecule has 2 aliphatic carbocycles. The number of hydrogen-bond acceptors (Lipinski definition) is 1. The monoisotopic (exact) mass is 220 g/mol.